The molecule has 0 spiro atoms. The van der Waals surface area contributed by atoms with E-state index in [-0.39, 0.29) is 12.1 Å². The minimum absolute atomic E-state index is 0.170. The molecule has 0 aromatic heterocycles. The molecule has 2 unspecified atom stereocenters. The molecule has 0 aliphatic heterocycles. The summed E-state index contributed by atoms with van der Waals surface area (Å²) >= 11 is 0. The molecular weight excluding hydrogens is 178 g/mol. The normalized spacial score (nSPS) is 30.0. The van der Waals surface area contributed by atoms with Crippen LogP contribution >= 0.6 is 0 Å². The zero-order valence-electron chi connectivity index (χ0n) is 9.29. The fourth-order valence-electron chi connectivity index (χ4n) is 1.91. The summed E-state index contributed by atoms with van der Waals surface area (Å²) < 4.78 is 0. The topological polar surface area (TPSA) is 52.5 Å². The summed E-state index contributed by atoms with van der Waals surface area (Å²) in [6, 6.07) is 0.170. The van der Waals surface area contributed by atoms with Crippen molar-refractivity contribution in [2.45, 2.75) is 63.7 Å². The Morgan fingerprint density at radius 2 is 1.86 bits per heavy atom. The molecule has 1 aliphatic rings. The van der Waals surface area contributed by atoms with Crippen LogP contribution in [0.2, 0.25) is 0 Å². The van der Waals surface area contributed by atoms with Crippen LogP contribution in [0.25, 0.3) is 0 Å². The third kappa shape index (κ3) is 4.40. The standard InChI is InChI=1S/C11H23NO2/c1-11(2,14)8-12-9-6-4-3-5-7-10(9)13/h9-10,12-14H,3-8H2,1-2H3. The van der Waals surface area contributed by atoms with E-state index in [9.17, 15) is 10.2 Å². The smallest absolute Gasteiger partial charge is 0.0715 e. The van der Waals surface area contributed by atoms with E-state index in [1.54, 1.807) is 13.8 Å². The Morgan fingerprint density at radius 3 is 2.50 bits per heavy atom. The molecule has 0 amide bonds. The summed E-state index contributed by atoms with van der Waals surface area (Å²) in [5, 5.41) is 22.6. The highest BCUT2D eigenvalue weighted by Gasteiger charge is 2.23. The first-order valence-electron chi connectivity index (χ1n) is 5.63. The van der Waals surface area contributed by atoms with Crippen LogP contribution in [-0.4, -0.2) is 34.5 Å². The van der Waals surface area contributed by atoms with Gasteiger partial charge in [-0.1, -0.05) is 19.3 Å². The van der Waals surface area contributed by atoms with Gasteiger partial charge >= 0.3 is 0 Å². The maximum absolute atomic E-state index is 9.80. The van der Waals surface area contributed by atoms with E-state index in [0.29, 0.717) is 6.54 Å². The SMILES string of the molecule is CC(C)(O)CNC1CCCCCC1O. The van der Waals surface area contributed by atoms with E-state index in [0.717, 1.165) is 19.3 Å². The van der Waals surface area contributed by atoms with Crippen LogP contribution in [0, 0.1) is 0 Å². The van der Waals surface area contributed by atoms with Crippen LogP contribution in [0.5, 0.6) is 0 Å². The quantitative estimate of drug-likeness (QED) is 0.598. The molecule has 0 saturated heterocycles. The summed E-state index contributed by atoms with van der Waals surface area (Å²) in [6.07, 6.45) is 5.21. The predicted molar refractivity (Wildman–Crippen MR) is 57.2 cm³/mol. The number of nitrogens with one attached hydrogen (secondary N) is 1. The molecule has 0 aromatic rings. The summed E-state index contributed by atoms with van der Waals surface area (Å²) in [5.41, 5.74) is -0.688. The van der Waals surface area contributed by atoms with Crippen molar-refractivity contribution in [3.63, 3.8) is 0 Å². The lowest BCUT2D eigenvalue weighted by Gasteiger charge is -2.26. The Balaban J connectivity index is 2.33. The fraction of sp³-hybridized carbons (Fsp3) is 1.00. The van der Waals surface area contributed by atoms with Crippen molar-refractivity contribution in [2.75, 3.05) is 6.54 Å². The van der Waals surface area contributed by atoms with Crippen molar-refractivity contribution in [2.24, 2.45) is 0 Å². The Bertz CT molecular complexity index is 165. The number of aliphatic hydroxyl groups excluding tert-OH is 1. The van der Waals surface area contributed by atoms with Crippen LogP contribution < -0.4 is 5.32 Å². The van der Waals surface area contributed by atoms with Crippen molar-refractivity contribution in [1.29, 1.82) is 0 Å². The molecule has 3 N–H and O–H groups in total. The molecule has 0 radical (unpaired) electrons. The highest BCUT2D eigenvalue weighted by atomic mass is 16.3. The second-order valence-corrected chi connectivity index (χ2v) is 5.01. The van der Waals surface area contributed by atoms with Crippen LogP contribution in [-0.2, 0) is 0 Å². The van der Waals surface area contributed by atoms with E-state index >= 15 is 0 Å². The maximum atomic E-state index is 9.80. The third-order valence-corrected chi connectivity index (χ3v) is 2.78. The Labute approximate surface area is 86.5 Å². The van der Waals surface area contributed by atoms with Crippen LogP contribution in [0.4, 0.5) is 0 Å². The van der Waals surface area contributed by atoms with Gasteiger partial charge in [-0.25, -0.2) is 0 Å². The highest BCUT2D eigenvalue weighted by molar-refractivity contribution is 4.81. The van der Waals surface area contributed by atoms with Crippen LogP contribution in [0.1, 0.15) is 46.0 Å². The molecule has 0 bridgehead atoms. The van der Waals surface area contributed by atoms with Crippen molar-refractivity contribution in [3.8, 4) is 0 Å². The minimum atomic E-state index is -0.688. The molecule has 1 fully saturated rings. The molecule has 84 valence electrons. The van der Waals surface area contributed by atoms with E-state index in [2.05, 4.69) is 5.32 Å². The van der Waals surface area contributed by atoms with Gasteiger partial charge in [0.1, 0.15) is 0 Å². The second-order valence-electron chi connectivity index (χ2n) is 5.01. The van der Waals surface area contributed by atoms with Gasteiger partial charge in [-0.2, -0.15) is 0 Å². The predicted octanol–water partition coefficient (Wildman–Crippen LogP) is 1.04. The van der Waals surface area contributed by atoms with Gasteiger partial charge in [-0.05, 0) is 26.7 Å². The summed E-state index contributed by atoms with van der Waals surface area (Å²) in [6.45, 7) is 4.11. The molecule has 1 saturated carbocycles. The molecule has 1 rings (SSSR count). The van der Waals surface area contributed by atoms with Gasteiger partial charge < -0.3 is 15.5 Å². The number of hydrogen-bond acceptors (Lipinski definition) is 3. The van der Waals surface area contributed by atoms with Gasteiger partial charge in [0.15, 0.2) is 0 Å². The molecule has 14 heavy (non-hydrogen) atoms. The van der Waals surface area contributed by atoms with Crippen LogP contribution in [0.3, 0.4) is 0 Å². The molecule has 3 nitrogen and oxygen atoms in total. The van der Waals surface area contributed by atoms with Crippen molar-refractivity contribution < 1.29 is 10.2 Å². The molecular formula is C11H23NO2. The molecule has 1 aliphatic carbocycles. The van der Waals surface area contributed by atoms with Crippen molar-refractivity contribution in [3.05, 3.63) is 0 Å². The van der Waals surface area contributed by atoms with E-state index in [1.807, 2.05) is 0 Å². The Kier molecular flexibility index (Phi) is 4.35. The lowest BCUT2D eigenvalue weighted by atomic mass is 10.0. The van der Waals surface area contributed by atoms with E-state index < -0.39 is 5.60 Å². The van der Waals surface area contributed by atoms with Gasteiger partial charge in [-0.15, -0.1) is 0 Å². The van der Waals surface area contributed by atoms with Gasteiger partial charge in [0.2, 0.25) is 0 Å². The molecule has 0 heterocycles. The van der Waals surface area contributed by atoms with Gasteiger partial charge in [-0.3, -0.25) is 0 Å². The lowest BCUT2D eigenvalue weighted by molar-refractivity contribution is 0.0599. The molecule has 2 atom stereocenters. The third-order valence-electron chi connectivity index (χ3n) is 2.78. The van der Waals surface area contributed by atoms with Gasteiger partial charge in [0.25, 0.3) is 0 Å². The second kappa shape index (κ2) is 5.10. The summed E-state index contributed by atoms with van der Waals surface area (Å²) in [5.74, 6) is 0. The first kappa shape index (κ1) is 12.0. The lowest BCUT2D eigenvalue weighted by Crippen LogP contribution is -2.45. The zero-order valence-corrected chi connectivity index (χ0v) is 9.29. The largest absolute Gasteiger partial charge is 0.392 e. The summed E-state index contributed by atoms with van der Waals surface area (Å²) in [4.78, 5) is 0. The van der Waals surface area contributed by atoms with Crippen LogP contribution in [0.15, 0.2) is 0 Å². The van der Waals surface area contributed by atoms with Gasteiger partial charge in [0, 0.05) is 12.6 Å². The number of rotatable bonds is 3. The minimum Gasteiger partial charge on any atom is -0.392 e. The monoisotopic (exact) mass is 201 g/mol. The van der Waals surface area contributed by atoms with E-state index in [1.165, 1.54) is 12.8 Å². The first-order chi connectivity index (χ1) is 6.49. The Morgan fingerprint density at radius 1 is 1.21 bits per heavy atom. The number of hydrogen-bond donors (Lipinski definition) is 3. The summed E-state index contributed by atoms with van der Waals surface area (Å²) in [7, 11) is 0. The van der Waals surface area contributed by atoms with E-state index in [4.69, 9.17) is 0 Å². The molecule has 3 heteroatoms. The first-order valence-corrected chi connectivity index (χ1v) is 5.63. The van der Waals surface area contributed by atoms with Gasteiger partial charge in [0.05, 0.1) is 11.7 Å². The Hall–Kier alpha value is -0.120. The average Bonchev–Trinajstić information content (AvgIpc) is 2.25. The zero-order chi connectivity index (χ0) is 10.6. The van der Waals surface area contributed by atoms with Crippen molar-refractivity contribution in [1.82, 2.24) is 5.32 Å². The number of aliphatic hydroxyl groups is 2. The maximum Gasteiger partial charge on any atom is 0.0715 e. The highest BCUT2D eigenvalue weighted by Crippen LogP contribution is 2.18. The average molecular weight is 201 g/mol. The molecule has 0 aromatic carbocycles. The fourth-order valence-corrected chi connectivity index (χ4v) is 1.91. The van der Waals surface area contributed by atoms with Crippen molar-refractivity contribution >= 4 is 0 Å².